The van der Waals surface area contributed by atoms with Crippen LogP contribution in [-0.4, -0.2) is 30.7 Å². The van der Waals surface area contributed by atoms with E-state index in [-0.39, 0.29) is 27.3 Å². The maximum absolute atomic E-state index is 13.4. The predicted octanol–water partition coefficient (Wildman–Crippen LogP) is 4.15. The molecule has 2 heterocycles. The van der Waals surface area contributed by atoms with Crippen LogP contribution in [0.5, 0.6) is 0 Å². The fourth-order valence-corrected chi connectivity index (χ4v) is 3.48. The minimum Gasteiger partial charge on any atom is -0.478 e. The molecule has 0 amide bonds. The van der Waals surface area contributed by atoms with Crippen LogP contribution in [0.4, 0.5) is 13.2 Å². The van der Waals surface area contributed by atoms with E-state index in [1.165, 1.54) is 12.1 Å². The number of hydrogen-bond acceptors (Lipinski definition) is 5. The molecule has 2 aromatic heterocycles. The third kappa shape index (κ3) is 3.08. The van der Waals surface area contributed by atoms with Crippen LogP contribution >= 0.6 is 11.8 Å². The Morgan fingerprint density at radius 3 is 2.48 bits per heavy atom. The molecule has 10 heteroatoms. The molecule has 0 atom stereocenters. The average Bonchev–Trinajstić information content (AvgIpc) is 3.08. The van der Waals surface area contributed by atoms with Gasteiger partial charge >= 0.3 is 12.1 Å². The zero-order valence-corrected chi connectivity index (χ0v) is 14.1. The highest BCUT2D eigenvalue weighted by atomic mass is 32.2. The van der Waals surface area contributed by atoms with Crippen molar-refractivity contribution in [3.63, 3.8) is 0 Å². The normalized spacial score (nSPS) is 12.0. The van der Waals surface area contributed by atoms with Gasteiger partial charge < -0.3 is 5.11 Å². The van der Waals surface area contributed by atoms with Gasteiger partial charge in [-0.05, 0) is 30.3 Å². The van der Waals surface area contributed by atoms with Crippen LogP contribution < -0.4 is 0 Å². The highest BCUT2D eigenvalue weighted by Crippen LogP contribution is 2.35. The van der Waals surface area contributed by atoms with Crippen LogP contribution in [0.2, 0.25) is 0 Å². The van der Waals surface area contributed by atoms with Crippen molar-refractivity contribution in [3.05, 3.63) is 59.9 Å². The minimum atomic E-state index is -4.76. The van der Waals surface area contributed by atoms with Crippen LogP contribution in [-0.2, 0) is 6.18 Å². The van der Waals surface area contributed by atoms with E-state index in [1.54, 1.807) is 24.3 Å². The summed E-state index contributed by atoms with van der Waals surface area (Å²) in [6, 6.07) is 12.8. The van der Waals surface area contributed by atoms with Crippen molar-refractivity contribution < 1.29 is 23.1 Å². The molecule has 4 rings (SSSR count). The van der Waals surface area contributed by atoms with Crippen LogP contribution in [0.3, 0.4) is 0 Å². The average molecular weight is 390 g/mol. The number of carbonyl (C=O) groups is 1. The van der Waals surface area contributed by atoms with Crippen LogP contribution in [0.1, 0.15) is 16.2 Å². The molecule has 0 unspecified atom stereocenters. The van der Waals surface area contributed by atoms with Crippen molar-refractivity contribution in [1.82, 2.24) is 19.6 Å². The molecule has 0 radical (unpaired) electrons. The summed E-state index contributed by atoms with van der Waals surface area (Å²) in [5.41, 5.74) is -0.0713. The summed E-state index contributed by atoms with van der Waals surface area (Å²) >= 11 is 1.15. The first-order chi connectivity index (χ1) is 12.8. The lowest BCUT2D eigenvalue weighted by molar-refractivity contribution is -0.145. The largest absolute Gasteiger partial charge is 0.478 e. The Balaban J connectivity index is 2.04. The first-order valence-electron chi connectivity index (χ1n) is 7.57. The van der Waals surface area contributed by atoms with E-state index in [1.807, 2.05) is 6.07 Å². The van der Waals surface area contributed by atoms with E-state index in [9.17, 15) is 18.0 Å². The standard InChI is InChI=1S/C17H9F3N4O2S/c18-17(19,20)16-23-22-13-14(27-10-4-2-1-3-5-10)21-11-7-6-9(15(25)26)8-12(11)24(13)16/h1-8H,(H,25,26). The van der Waals surface area contributed by atoms with Gasteiger partial charge in [-0.15, -0.1) is 10.2 Å². The maximum atomic E-state index is 13.4. The first kappa shape index (κ1) is 17.3. The lowest BCUT2D eigenvalue weighted by Gasteiger charge is -2.10. The van der Waals surface area contributed by atoms with Gasteiger partial charge in [0.15, 0.2) is 5.65 Å². The fraction of sp³-hybridized carbons (Fsp3) is 0.0588. The molecule has 27 heavy (non-hydrogen) atoms. The number of halogens is 3. The first-order valence-corrected chi connectivity index (χ1v) is 8.38. The Hall–Kier alpha value is -3.14. The highest BCUT2D eigenvalue weighted by molar-refractivity contribution is 7.99. The monoisotopic (exact) mass is 390 g/mol. The van der Waals surface area contributed by atoms with E-state index in [2.05, 4.69) is 15.2 Å². The van der Waals surface area contributed by atoms with E-state index in [0.717, 1.165) is 27.1 Å². The Bertz CT molecular complexity index is 1180. The summed E-state index contributed by atoms with van der Waals surface area (Å²) < 4.78 is 41.1. The van der Waals surface area contributed by atoms with E-state index in [4.69, 9.17) is 5.11 Å². The number of benzene rings is 2. The summed E-state index contributed by atoms with van der Waals surface area (Å²) in [4.78, 5) is 16.4. The number of rotatable bonds is 3. The number of hydrogen-bond donors (Lipinski definition) is 1. The van der Waals surface area contributed by atoms with Gasteiger partial charge in [-0.3, -0.25) is 4.40 Å². The molecule has 2 aromatic carbocycles. The number of aromatic carboxylic acids is 1. The van der Waals surface area contributed by atoms with E-state index in [0.29, 0.717) is 0 Å². The summed E-state index contributed by atoms with van der Waals surface area (Å²) in [7, 11) is 0. The quantitative estimate of drug-likeness (QED) is 0.566. The number of aromatic nitrogens is 4. The van der Waals surface area contributed by atoms with Crippen molar-refractivity contribution in [3.8, 4) is 0 Å². The van der Waals surface area contributed by atoms with Gasteiger partial charge in [0.2, 0.25) is 5.82 Å². The maximum Gasteiger partial charge on any atom is 0.452 e. The van der Waals surface area contributed by atoms with Crippen LogP contribution in [0.25, 0.3) is 16.7 Å². The third-order valence-electron chi connectivity index (χ3n) is 3.75. The summed E-state index contributed by atoms with van der Waals surface area (Å²) in [5.74, 6) is -2.49. The molecule has 0 fully saturated rings. The Kier molecular flexibility index (Phi) is 3.99. The molecule has 0 spiro atoms. The highest BCUT2D eigenvalue weighted by Gasteiger charge is 2.38. The Labute approximate surface area is 153 Å². The lowest BCUT2D eigenvalue weighted by Crippen LogP contribution is -2.12. The second-order valence-corrected chi connectivity index (χ2v) is 6.58. The molecule has 4 aromatic rings. The van der Waals surface area contributed by atoms with Crippen molar-refractivity contribution >= 4 is 34.4 Å². The smallest absolute Gasteiger partial charge is 0.452 e. The number of carboxylic acids is 1. The fourth-order valence-electron chi connectivity index (χ4n) is 2.59. The number of nitrogens with zero attached hydrogens (tertiary/aromatic N) is 4. The molecule has 0 saturated carbocycles. The van der Waals surface area contributed by atoms with Gasteiger partial charge in [0, 0.05) is 4.90 Å². The second-order valence-electron chi connectivity index (χ2n) is 5.52. The van der Waals surface area contributed by atoms with Crippen molar-refractivity contribution in [1.29, 1.82) is 0 Å². The molecular weight excluding hydrogens is 381 g/mol. The zero-order valence-electron chi connectivity index (χ0n) is 13.3. The molecule has 0 aliphatic carbocycles. The molecule has 0 bridgehead atoms. The molecule has 0 aliphatic rings. The van der Waals surface area contributed by atoms with Gasteiger partial charge in [0.05, 0.1) is 16.6 Å². The van der Waals surface area contributed by atoms with Gasteiger partial charge in [-0.1, -0.05) is 30.0 Å². The Morgan fingerprint density at radius 1 is 1.07 bits per heavy atom. The van der Waals surface area contributed by atoms with Gasteiger partial charge in [0.1, 0.15) is 5.03 Å². The summed E-state index contributed by atoms with van der Waals surface area (Å²) in [6.45, 7) is 0. The van der Waals surface area contributed by atoms with E-state index >= 15 is 0 Å². The van der Waals surface area contributed by atoms with E-state index < -0.39 is 18.0 Å². The second kappa shape index (κ2) is 6.23. The van der Waals surface area contributed by atoms with Crippen LogP contribution in [0, 0.1) is 0 Å². The summed E-state index contributed by atoms with van der Waals surface area (Å²) in [6.07, 6.45) is -4.76. The molecular formula is C17H9F3N4O2S. The minimum absolute atomic E-state index is 0.0281. The number of alkyl halides is 3. The zero-order chi connectivity index (χ0) is 19.2. The lowest BCUT2D eigenvalue weighted by atomic mass is 10.2. The predicted molar refractivity (Wildman–Crippen MR) is 90.8 cm³/mol. The molecule has 6 nitrogen and oxygen atoms in total. The SMILES string of the molecule is O=C(O)c1ccc2nc(Sc3ccccc3)c3nnc(C(F)(F)F)n3c2c1. The van der Waals surface area contributed by atoms with Crippen molar-refractivity contribution in [2.45, 2.75) is 16.1 Å². The van der Waals surface area contributed by atoms with Gasteiger partial charge in [0.25, 0.3) is 0 Å². The van der Waals surface area contributed by atoms with Gasteiger partial charge in [-0.2, -0.15) is 13.2 Å². The third-order valence-corrected chi connectivity index (χ3v) is 4.73. The van der Waals surface area contributed by atoms with Crippen LogP contribution in [0.15, 0.2) is 58.5 Å². The van der Waals surface area contributed by atoms with Crippen molar-refractivity contribution in [2.75, 3.05) is 0 Å². The van der Waals surface area contributed by atoms with Gasteiger partial charge in [-0.25, -0.2) is 9.78 Å². The molecule has 136 valence electrons. The van der Waals surface area contributed by atoms with Crippen molar-refractivity contribution in [2.24, 2.45) is 0 Å². The topological polar surface area (TPSA) is 80.4 Å². The molecule has 0 aliphatic heterocycles. The number of fused-ring (bicyclic) bond motifs is 3. The Morgan fingerprint density at radius 2 is 1.81 bits per heavy atom. The summed E-state index contributed by atoms with van der Waals surface area (Å²) in [5, 5.41) is 16.3. The number of carboxylic acid groups (broad SMARTS) is 1. The molecule has 1 N–H and O–H groups in total. The molecule has 0 saturated heterocycles.